The minimum Gasteiger partial charge on any atom is -0.339 e. The number of aromatic nitrogens is 2. The molecule has 0 radical (unpaired) electrons. The van der Waals surface area contributed by atoms with Gasteiger partial charge in [-0.05, 0) is 26.0 Å². The van der Waals surface area contributed by atoms with Crippen molar-refractivity contribution in [2.45, 2.75) is 19.4 Å². The number of rotatable bonds is 4. The summed E-state index contributed by atoms with van der Waals surface area (Å²) >= 11 is 6.07. The van der Waals surface area contributed by atoms with E-state index >= 15 is 0 Å². The van der Waals surface area contributed by atoms with Crippen molar-refractivity contribution in [1.29, 1.82) is 0 Å². The fourth-order valence-electron chi connectivity index (χ4n) is 3.62. The number of nitrogens with zero attached hydrogens (tertiary/aromatic N) is 2. The zero-order valence-electron chi connectivity index (χ0n) is 16.0. The molecule has 1 saturated heterocycles. The molecule has 2 N–H and O–H groups in total. The van der Waals surface area contributed by atoms with Crippen molar-refractivity contribution in [2.24, 2.45) is 0 Å². The van der Waals surface area contributed by atoms with Crippen LogP contribution in [0.4, 0.5) is 0 Å². The van der Waals surface area contributed by atoms with Crippen LogP contribution >= 0.6 is 11.6 Å². The van der Waals surface area contributed by atoms with Crippen molar-refractivity contribution < 1.29 is 4.79 Å². The summed E-state index contributed by atoms with van der Waals surface area (Å²) < 4.78 is 0. The van der Waals surface area contributed by atoms with Gasteiger partial charge in [-0.2, -0.15) is 0 Å². The first-order valence-corrected chi connectivity index (χ1v) is 9.77. The predicted octanol–water partition coefficient (Wildman–Crippen LogP) is 4.06. The maximum absolute atomic E-state index is 12.5. The Morgan fingerprint density at radius 3 is 2.43 bits per heavy atom. The molecule has 144 valence electrons. The molecule has 5 nitrogen and oxygen atoms in total. The highest BCUT2D eigenvalue weighted by molar-refractivity contribution is 6.30. The number of carbonyl (C=O) groups is 1. The standard InChI is InChI=1S/C22H23ClN4O/c1-22(2,27-13-12-24-14-18(27)28)21-25-19(15-6-4-3-5-7-15)20(26-21)16-8-10-17(23)11-9-16/h3-11,24H,12-14H2,1-2H3,(H,25,26). The molecule has 2 heterocycles. The number of amides is 1. The summed E-state index contributed by atoms with van der Waals surface area (Å²) in [5.41, 5.74) is 3.27. The fraction of sp³-hybridized carbons (Fsp3) is 0.273. The lowest BCUT2D eigenvalue weighted by molar-refractivity contribution is -0.138. The number of hydrogen-bond acceptors (Lipinski definition) is 3. The Labute approximate surface area is 169 Å². The van der Waals surface area contributed by atoms with Crippen molar-refractivity contribution in [1.82, 2.24) is 20.2 Å². The average molecular weight is 395 g/mol. The van der Waals surface area contributed by atoms with E-state index in [4.69, 9.17) is 16.6 Å². The normalized spacial score (nSPS) is 15.1. The van der Waals surface area contributed by atoms with Gasteiger partial charge in [0.05, 0.1) is 23.5 Å². The Bertz CT molecular complexity index is 980. The highest BCUT2D eigenvalue weighted by Crippen LogP contribution is 2.35. The Morgan fingerprint density at radius 2 is 1.75 bits per heavy atom. The summed E-state index contributed by atoms with van der Waals surface area (Å²) in [6.45, 7) is 5.87. The Kier molecular flexibility index (Phi) is 4.96. The van der Waals surface area contributed by atoms with Crippen LogP contribution in [0.25, 0.3) is 22.5 Å². The average Bonchev–Trinajstić information content (AvgIpc) is 3.16. The van der Waals surface area contributed by atoms with E-state index in [9.17, 15) is 4.79 Å². The molecular weight excluding hydrogens is 372 g/mol. The number of piperazine rings is 1. The number of H-pyrrole nitrogens is 1. The van der Waals surface area contributed by atoms with Gasteiger partial charge in [0, 0.05) is 29.2 Å². The smallest absolute Gasteiger partial charge is 0.237 e. The van der Waals surface area contributed by atoms with Crippen LogP contribution in [-0.2, 0) is 10.3 Å². The van der Waals surface area contributed by atoms with Crippen LogP contribution in [0.3, 0.4) is 0 Å². The number of imidazole rings is 1. The van der Waals surface area contributed by atoms with Gasteiger partial charge in [0.25, 0.3) is 0 Å². The summed E-state index contributed by atoms with van der Waals surface area (Å²) in [6.07, 6.45) is 0. The van der Waals surface area contributed by atoms with E-state index in [2.05, 4.69) is 22.4 Å². The summed E-state index contributed by atoms with van der Waals surface area (Å²) in [6, 6.07) is 17.8. The molecule has 3 aromatic rings. The summed E-state index contributed by atoms with van der Waals surface area (Å²) in [4.78, 5) is 22.8. The van der Waals surface area contributed by atoms with Crippen LogP contribution in [0.5, 0.6) is 0 Å². The van der Waals surface area contributed by atoms with Crippen molar-refractivity contribution >= 4 is 17.5 Å². The maximum Gasteiger partial charge on any atom is 0.237 e. The first kappa shape index (κ1) is 18.7. The summed E-state index contributed by atoms with van der Waals surface area (Å²) in [7, 11) is 0. The van der Waals surface area contributed by atoms with Gasteiger partial charge in [-0.1, -0.05) is 54.1 Å². The lowest BCUT2D eigenvalue weighted by Gasteiger charge is -2.39. The van der Waals surface area contributed by atoms with Crippen LogP contribution in [0.2, 0.25) is 5.02 Å². The first-order valence-electron chi connectivity index (χ1n) is 9.40. The number of halogens is 1. The quantitative estimate of drug-likeness (QED) is 0.701. The highest BCUT2D eigenvalue weighted by atomic mass is 35.5. The van der Waals surface area contributed by atoms with Gasteiger partial charge in [0.1, 0.15) is 5.82 Å². The largest absolute Gasteiger partial charge is 0.339 e. The number of hydrogen-bond donors (Lipinski definition) is 2. The highest BCUT2D eigenvalue weighted by Gasteiger charge is 2.37. The third-order valence-electron chi connectivity index (χ3n) is 5.23. The molecule has 1 aromatic heterocycles. The first-order chi connectivity index (χ1) is 13.5. The molecule has 6 heteroatoms. The maximum atomic E-state index is 12.5. The second-order valence-electron chi connectivity index (χ2n) is 7.46. The van der Waals surface area contributed by atoms with E-state index in [1.54, 1.807) is 0 Å². The topological polar surface area (TPSA) is 61.0 Å². The predicted molar refractivity (Wildman–Crippen MR) is 112 cm³/mol. The number of aromatic amines is 1. The van der Waals surface area contributed by atoms with E-state index in [1.807, 2.05) is 61.2 Å². The lowest BCUT2D eigenvalue weighted by atomic mass is 10.0. The molecule has 0 spiro atoms. The van der Waals surface area contributed by atoms with Crippen LogP contribution < -0.4 is 5.32 Å². The van der Waals surface area contributed by atoms with Crippen LogP contribution in [0, 0.1) is 0 Å². The van der Waals surface area contributed by atoms with Crippen LogP contribution in [0.1, 0.15) is 19.7 Å². The Balaban J connectivity index is 1.83. The monoisotopic (exact) mass is 394 g/mol. The molecule has 0 unspecified atom stereocenters. The van der Waals surface area contributed by atoms with Gasteiger partial charge in [0.2, 0.25) is 5.91 Å². The third-order valence-corrected chi connectivity index (χ3v) is 5.48. The van der Waals surface area contributed by atoms with Gasteiger partial charge >= 0.3 is 0 Å². The molecule has 2 aromatic carbocycles. The molecule has 0 saturated carbocycles. The Hall–Kier alpha value is -2.63. The van der Waals surface area contributed by atoms with E-state index < -0.39 is 5.54 Å². The molecular formula is C22H23ClN4O. The minimum absolute atomic E-state index is 0.0851. The van der Waals surface area contributed by atoms with Crippen molar-refractivity contribution in [3.05, 3.63) is 65.4 Å². The SMILES string of the molecule is CC(C)(c1nc(-c2ccc(Cl)cc2)c(-c2ccccc2)[nH]1)N1CCNCC1=O. The van der Waals surface area contributed by atoms with Crippen LogP contribution in [-0.4, -0.2) is 40.4 Å². The second-order valence-corrected chi connectivity index (χ2v) is 7.90. The van der Waals surface area contributed by atoms with Gasteiger partial charge in [-0.15, -0.1) is 0 Å². The fourth-order valence-corrected chi connectivity index (χ4v) is 3.74. The van der Waals surface area contributed by atoms with Gasteiger partial charge < -0.3 is 15.2 Å². The van der Waals surface area contributed by atoms with Crippen molar-refractivity contribution in [3.63, 3.8) is 0 Å². The molecule has 0 atom stereocenters. The minimum atomic E-state index is -0.548. The van der Waals surface area contributed by atoms with Gasteiger partial charge in [0.15, 0.2) is 0 Å². The van der Waals surface area contributed by atoms with Gasteiger partial charge in [-0.3, -0.25) is 4.79 Å². The Morgan fingerprint density at radius 1 is 1.04 bits per heavy atom. The molecule has 1 fully saturated rings. The van der Waals surface area contributed by atoms with E-state index in [1.165, 1.54) is 0 Å². The molecule has 0 aliphatic carbocycles. The van der Waals surface area contributed by atoms with E-state index in [0.717, 1.165) is 34.9 Å². The zero-order valence-corrected chi connectivity index (χ0v) is 16.8. The number of carbonyl (C=O) groups excluding carboxylic acids is 1. The molecule has 4 rings (SSSR count). The number of benzene rings is 2. The molecule has 1 aliphatic heterocycles. The van der Waals surface area contributed by atoms with Crippen molar-refractivity contribution in [2.75, 3.05) is 19.6 Å². The summed E-state index contributed by atoms with van der Waals surface area (Å²) in [5.74, 6) is 0.855. The lowest BCUT2D eigenvalue weighted by Crippen LogP contribution is -2.55. The van der Waals surface area contributed by atoms with Gasteiger partial charge in [-0.25, -0.2) is 4.98 Å². The zero-order chi connectivity index (χ0) is 19.7. The summed E-state index contributed by atoms with van der Waals surface area (Å²) in [5, 5.41) is 3.81. The molecule has 28 heavy (non-hydrogen) atoms. The van der Waals surface area contributed by atoms with Crippen molar-refractivity contribution in [3.8, 4) is 22.5 Å². The number of nitrogens with one attached hydrogen (secondary N) is 2. The second kappa shape index (κ2) is 7.41. The molecule has 1 amide bonds. The molecule has 1 aliphatic rings. The van der Waals surface area contributed by atoms with Crippen LogP contribution in [0.15, 0.2) is 54.6 Å². The third kappa shape index (κ3) is 3.43. The van der Waals surface area contributed by atoms with E-state index in [0.29, 0.717) is 18.1 Å². The molecule has 0 bridgehead atoms. The van der Waals surface area contributed by atoms with E-state index in [-0.39, 0.29) is 5.91 Å².